The summed E-state index contributed by atoms with van der Waals surface area (Å²) in [4.78, 5) is 0. The van der Waals surface area contributed by atoms with E-state index in [1.54, 1.807) is 13.2 Å². The molecule has 2 atom stereocenters. The van der Waals surface area contributed by atoms with Crippen LogP contribution in [0.1, 0.15) is 18.9 Å². The number of nitrogens with one attached hydrogen (secondary N) is 1. The lowest BCUT2D eigenvalue weighted by Crippen LogP contribution is -2.30. The van der Waals surface area contributed by atoms with E-state index in [-0.39, 0.29) is 5.82 Å². The van der Waals surface area contributed by atoms with Crippen molar-refractivity contribution in [3.63, 3.8) is 0 Å². The van der Waals surface area contributed by atoms with Crippen LogP contribution in [0.2, 0.25) is 0 Å². The highest BCUT2D eigenvalue weighted by Crippen LogP contribution is 2.18. The summed E-state index contributed by atoms with van der Waals surface area (Å²) >= 11 is 3.32. The van der Waals surface area contributed by atoms with E-state index in [9.17, 15) is 4.39 Å². The van der Waals surface area contributed by atoms with Crippen molar-refractivity contribution in [1.29, 1.82) is 0 Å². The highest BCUT2D eigenvalue weighted by molar-refractivity contribution is 9.10. The molecule has 0 bridgehead atoms. The minimum atomic E-state index is -0.195. The molecule has 2 unspecified atom stereocenters. The molecule has 1 aromatic rings. The van der Waals surface area contributed by atoms with Gasteiger partial charge in [0.1, 0.15) is 5.82 Å². The Morgan fingerprint density at radius 3 is 2.67 bits per heavy atom. The molecule has 0 heterocycles. The molecular formula is C14H21BrFNO. The van der Waals surface area contributed by atoms with Crippen LogP contribution in [0.15, 0.2) is 22.7 Å². The van der Waals surface area contributed by atoms with Gasteiger partial charge in [-0.05, 0) is 49.6 Å². The molecular weight excluding hydrogens is 297 g/mol. The number of likely N-dealkylation sites (N-methyl/N-ethyl adjacent to an activating group) is 1. The van der Waals surface area contributed by atoms with Crippen molar-refractivity contribution >= 4 is 15.9 Å². The second-order valence-electron chi connectivity index (χ2n) is 4.76. The zero-order valence-corrected chi connectivity index (χ0v) is 12.8. The summed E-state index contributed by atoms with van der Waals surface area (Å²) in [5, 5.41) is 3.29. The number of halogens is 2. The van der Waals surface area contributed by atoms with E-state index in [4.69, 9.17) is 4.74 Å². The van der Waals surface area contributed by atoms with Crippen molar-refractivity contribution in [3.05, 3.63) is 34.1 Å². The molecule has 2 nitrogen and oxygen atoms in total. The summed E-state index contributed by atoms with van der Waals surface area (Å²) in [6.07, 6.45) is 1.83. The summed E-state index contributed by atoms with van der Waals surface area (Å²) in [6.45, 7) is 2.92. The van der Waals surface area contributed by atoms with Gasteiger partial charge in [0.05, 0.1) is 0 Å². The molecule has 0 saturated heterocycles. The smallest absolute Gasteiger partial charge is 0.124 e. The van der Waals surface area contributed by atoms with E-state index >= 15 is 0 Å². The number of ether oxygens (including phenoxy) is 1. The molecule has 0 fully saturated rings. The van der Waals surface area contributed by atoms with Crippen molar-refractivity contribution in [2.45, 2.75) is 25.8 Å². The Bertz CT molecular complexity index is 353. The van der Waals surface area contributed by atoms with Crippen LogP contribution in [-0.2, 0) is 11.2 Å². The largest absolute Gasteiger partial charge is 0.384 e. The van der Waals surface area contributed by atoms with Crippen LogP contribution in [0.3, 0.4) is 0 Å². The molecule has 0 radical (unpaired) electrons. The molecule has 4 heteroatoms. The van der Waals surface area contributed by atoms with Crippen molar-refractivity contribution in [3.8, 4) is 0 Å². The molecule has 1 N–H and O–H groups in total. The average molecular weight is 318 g/mol. The Balaban J connectivity index is 2.61. The third-order valence-electron chi connectivity index (χ3n) is 2.95. The maximum atomic E-state index is 13.3. The maximum absolute atomic E-state index is 13.3. The quantitative estimate of drug-likeness (QED) is 0.832. The molecule has 1 aromatic carbocycles. The first-order valence-electron chi connectivity index (χ1n) is 6.16. The van der Waals surface area contributed by atoms with Crippen LogP contribution >= 0.6 is 15.9 Å². The molecule has 1 rings (SSSR count). The average Bonchev–Trinajstić information content (AvgIpc) is 2.27. The lowest BCUT2D eigenvalue weighted by molar-refractivity contribution is 0.150. The zero-order chi connectivity index (χ0) is 13.5. The van der Waals surface area contributed by atoms with Gasteiger partial charge in [0.15, 0.2) is 0 Å². The predicted molar refractivity (Wildman–Crippen MR) is 76.3 cm³/mol. The Morgan fingerprint density at radius 1 is 1.39 bits per heavy atom. The standard InChI is InChI=1S/C14H21BrFNO/c1-10(9-18-3)4-14(17-2)7-11-5-12(15)8-13(16)6-11/h5-6,8,10,14,17H,4,7,9H2,1-3H3. The van der Waals surface area contributed by atoms with Gasteiger partial charge in [-0.15, -0.1) is 0 Å². The lowest BCUT2D eigenvalue weighted by atomic mass is 9.97. The monoisotopic (exact) mass is 317 g/mol. The van der Waals surface area contributed by atoms with Crippen LogP contribution in [-0.4, -0.2) is 26.8 Å². The molecule has 0 aliphatic rings. The molecule has 0 spiro atoms. The van der Waals surface area contributed by atoms with E-state index in [1.165, 1.54) is 6.07 Å². The Morgan fingerprint density at radius 2 is 2.11 bits per heavy atom. The molecule has 0 aliphatic carbocycles. The predicted octanol–water partition coefficient (Wildman–Crippen LogP) is 3.39. The fraction of sp³-hybridized carbons (Fsp3) is 0.571. The van der Waals surface area contributed by atoms with E-state index in [2.05, 4.69) is 28.2 Å². The third kappa shape index (κ3) is 5.46. The first kappa shape index (κ1) is 15.6. The fourth-order valence-electron chi connectivity index (χ4n) is 2.15. The van der Waals surface area contributed by atoms with Crippen LogP contribution in [0.25, 0.3) is 0 Å². The topological polar surface area (TPSA) is 21.3 Å². The van der Waals surface area contributed by atoms with Gasteiger partial charge in [0.25, 0.3) is 0 Å². The van der Waals surface area contributed by atoms with E-state index in [0.29, 0.717) is 12.0 Å². The zero-order valence-electron chi connectivity index (χ0n) is 11.2. The highest BCUT2D eigenvalue weighted by Gasteiger charge is 2.13. The summed E-state index contributed by atoms with van der Waals surface area (Å²) in [5.41, 5.74) is 1.01. The second-order valence-corrected chi connectivity index (χ2v) is 5.68. The summed E-state index contributed by atoms with van der Waals surface area (Å²) in [7, 11) is 3.66. The Kier molecular flexibility index (Phi) is 6.82. The number of benzene rings is 1. The molecule has 0 saturated carbocycles. The van der Waals surface area contributed by atoms with Crippen LogP contribution in [0, 0.1) is 11.7 Å². The molecule has 0 amide bonds. The first-order chi connectivity index (χ1) is 8.55. The Hall–Kier alpha value is -0.450. The second kappa shape index (κ2) is 7.87. The van der Waals surface area contributed by atoms with Gasteiger partial charge in [0.2, 0.25) is 0 Å². The Labute approximate surface area is 117 Å². The highest BCUT2D eigenvalue weighted by atomic mass is 79.9. The fourth-order valence-corrected chi connectivity index (χ4v) is 2.67. The van der Waals surface area contributed by atoms with Gasteiger partial charge in [-0.1, -0.05) is 22.9 Å². The van der Waals surface area contributed by atoms with Gasteiger partial charge >= 0.3 is 0 Å². The van der Waals surface area contributed by atoms with Crippen LogP contribution in [0.5, 0.6) is 0 Å². The molecule has 18 heavy (non-hydrogen) atoms. The first-order valence-corrected chi connectivity index (χ1v) is 6.95. The SMILES string of the molecule is CNC(Cc1cc(F)cc(Br)c1)CC(C)COC. The number of methoxy groups -OCH3 is 1. The summed E-state index contributed by atoms with van der Waals surface area (Å²) < 4.78 is 19.2. The van der Waals surface area contributed by atoms with Gasteiger partial charge in [0, 0.05) is 24.2 Å². The maximum Gasteiger partial charge on any atom is 0.124 e. The summed E-state index contributed by atoms with van der Waals surface area (Å²) in [5.74, 6) is 0.295. The van der Waals surface area contributed by atoms with Crippen LogP contribution in [0.4, 0.5) is 4.39 Å². The lowest BCUT2D eigenvalue weighted by Gasteiger charge is -2.20. The third-order valence-corrected chi connectivity index (χ3v) is 3.41. The normalized spacial score (nSPS) is 14.5. The van der Waals surface area contributed by atoms with Crippen molar-refractivity contribution in [2.24, 2.45) is 5.92 Å². The van der Waals surface area contributed by atoms with Gasteiger partial charge in [-0.25, -0.2) is 4.39 Å². The minimum absolute atomic E-state index is 0.195. The molecule has 0 aromatic heterocycles. The van der Waals surface area contributed by atoms with Gasteiger partial charge in [-0.2, -0.15) is 0 Å². The van der Waals surface area contributed by atoms with Crippen molar-refractivity contribution in [2.75, 3.05) is 20.8 Å². The van der Waals surface area contributed by atoms with E-state index in [0.717, 1.165) is 29.5 Å². The number of hydrogen-bond donors (Lipinski definition) is 1. The molecule has 102 valence electrons. The minimum Gasteiger partial charge on any atom is -0.384 e. The van der Waals surface area contributed by atoms with E-state index in [1.807, 2.05) is 13.1 Å². The van der Waals surface area contributed by atoms with E-state index < -0.39 is 0 Å². The summed E-state index contributed by atoms with van der Waals surface area (Å²) in [6, 6.07) is 5.37. The number of hydrogen-bond acceptors (Lipinski definition) is 2. The van der Waals surface area contributed by atoms with Crippen LogP contribution < -0.4 is 5.32 Å². The van der Waals surface area contributed by atoms with Gasteiger partial charge in [-0.3, -0.25) is 0 Å². The number of rotatable bonds is 7. The van der Waals surface area contributed by atoms with Crippen molar-refractivity contribution in [1.82, 2.24) is 5.32 Å². The molecule has 0 aliphatic heterocycles. The van der Waals surface area contributed by atoms with Crippen molar-refractivity contribution < 1.29 is 9.13 Å². The van der Waals surface area contributed by atoms with Gasteiger partial charge < -0.3 is 10.1 Å².